The molecule has 2 N–H and O–H groups in total. The van der Waals surface area contributed by atoms with Crippen molar-refractivity contribution in [1.82, 2.24) is 5.32 Å². The van der Waals surface area contributed by atoms with E-state index in [9.17, 15) is 9.59 Å². The molecular weight excluding hydrogens is 302 g/mol. The van der Waals surface area contributed by atoms with E-state index in [0.29, 0.717) is 11.6 Å². The van der Waals surface area contributed by atoms with Crippen molar-refractivity contribution in [2.75, 3.05) is 6.54 Å². The van der Waals surface area contributed by atoms with Crippen LogP contribution in [0.2, 0.25) is 5.02 Å². The Morgan fingerprint density at radius 1 is 1.18 bits per heavy atom. The molecule has 122 valence electrons. The Kier molecular flexibility index (Phi) is 8.60. The summed E-state index contributed by atoms with van der Waals surface area (Å²) in [5.74, 6) is -0.940. The zero-order valence-electron chi connectivity index (χ0n) is 13.0. The van der Waals surface area contributed by atoms with Crippen LogP contribution < -0.4 is 5.32 Å². The van der Waals surface area contributed by atoms with Crippen molar-refractivity contribution >= 4 is 23.5 Å². The molecule has 1 unspecified atom stereocenters. The van der Waals surface area contributed by atoms with Gasteiger partial charge in [0.2, 0.25) is 5.91 Å². The SMILES string of the molecule is CC(C(=O)NCCCCCCCC(=O)O)c1cccc(Cl)c1. The maximum Gasteiger partial charge on any atom is 0.303 e. The molecule has 0 fully saturated rings. The van der Waals surface area contributed by atoms with Crippen LogP contribution in [0.4, 0.5) is 0 Å². The molecule has 5 heteroatoms. The molecule has 1 atom stereocenters. The average molecular weight is 326 g/mol. The van der Waals surface area contributed by atoms with Gasteiger partial charge in [-0.2, -0.15) is 0 Å². The quantitative estimate of drug-likeness (QED) is 0.639. The molecule has 22 heavy (non-hydrogen) atoms. The van der Waals surface area contributed by atoms with Crippen LogP contribution in [0.25, 0.3) is 0 Å². The number of aliphatic carboxylic acids is 1. The van der Waals surface area contributed by atoms with E-state index in [0.717, 1.165) is 37.7 Å². The number of carboxylic acid groups (broad SMARTS) is 1. The molecule has 0 aliphatic rings. The van der Waals surface area contributed by atoms with Gasteiger partial charge in [0.15, 0.2) is 0 Å². The van der Waals surface area contributed by atoms with Crippen molar-refractivity contribution in [1.29, 1.82) is 0 Å². The van der Waals surface area contributed by atoms with Crippen molar-refractivity contribution in [2.24, 2.45) is 0 Å². The lowest BCUT2D eigenvalue weighted by Gasteiger charge is -2.12. The van der Waals surface area contributed by atoms with Gasteiger partial charge in [-0.3, -0.25) is 9.59 Å². The number of hydrogen-bond acceptors (Lipinski definition) is 2. The molecule has 0 aromatic heterocycles. The third-order valence-corrected chi connectivity index (χ3v) is 3.84. The molecule has 1 rings (SSSR count). The minimum Gasteiger partial charge on any atom is -0.481 e. The summed E-state index contributed by atoms with van der Waals surface area (Å²) in [7, 11) is 0. The lowest BCUT2D eigenvalue weighted by atomic mass is 10.0. The largest absolute Gasteiger partial charge is 0.481 e. The first-order valence-electron chi connectivity index (χ1n) is 7.75. The lowest BCUT2D eigenvalue weighted by Crippen LogP contribution is -2.28. The highest BCUT2D eigenvalue weighted by molar-refractivity contribution is 6.30. The fourth-order valence-corrected chi connectivity index (χ4v) is 2.42. The number of hydrogen-bond donors (Lipinski definition) is 2. The molecule has 1 aromatic rings. The molecule has 1 amide bonds. The van der Waals surface area contributed by atoms with Gasteiger partial charge in [0.05, 0.1) is 5.92 Å². The summed E-state index contributed by atoms with van der Waals surface area (Å²) >= 11 is 5.93. The van der Waals surface area contributed by atoms with Crippen molar-refractivity contribution in [3.05, 3.63) is 34.9 Å². The van der Waals surface area contributed by atoms with Crippen LogP contribution in [0.3, 0.4) is 0 Å². The van der Waals surface area contributed by atoms with E-state index < -0.39 is 5.97 Å². The first-order valence-corrected chi connectivity index (χ1v) is 8.13. The summed E-state index contributed by atoms with van der Waals surface area (Å²) in [6.45, 7) is 2.52. The van der Waals surface area contributed by atoms with E-state index in [4.69, 9.17) is 16.7 Å². The molecule has 0 saturated heterocycles. The summed E-state index contributed by atoms with van der Waals surface area (Å²) in [6, 6.07) is 7.35. The maximum atomic E-state index is 12.0. The van der Waals surface area contributed by atoms with Crippen LogP contribution in [-0.4, -0.2) is 23.5 Å². The minimum absolute atomic E-state index is 0.00754. The second kappa shape index (κ2) is 10.2. The minimum atomic E-state index is -0.734. The van der Waals surface area contributed by atoms with Crippen LogP contribution in [0.1, 0.15) is 56.9 Å². The second-order valence-electron chi connectivity index (χ2n) is 5.48. The van der Waals surface area contributed by atoms with Gasteiger partial charge in [0.25, 0.3) is 0 Å². The molecule has 0 aliphatic heterocycles. The van der Waals surface area contributed by atoms with E-state index >= 15 is 0 Å². The molecule has 4 nitrogen and oxygen atoms in total. The third-order valence-electron chi connectivity index (χ3n) is 3.61. The summed E-state index contributed by atoms with van der Waals surface area (Å²) in [5.41, 5.74) is 0.915. The Bertz CT molecular complexity index is 491. The number of unbranched alkanes of at least 4 members (excludes halogenated alkanes) is 4. The Labute approximate surface area is 136 Å². The highest BCUT2D eigenvalue weighted by Gasteiger charge is 2.14. The molecule has 0 saturated carbocycles. The highest BCUT2D eigenvalue weighted by Crippen LogP contribution is 2.19. The molecule has 1 aromatic carbocycles. The fraction of sp³-hybridized carbons (Fsp3) is 0.529. The van der Waals surface area contributed by atoms with Gasteiger partial charge in [-0.1, -0.05) is 43.0 Å². The normalized spacial score (nSPS) is 11.9. The van der Waals surface area contributed by atoms with Gasteiger partial charge in [-0.05, 0) is 37.5 Å². The molecule has 0 aliphatic carbocycles. The topological polar surface area (TPSA) is 66.4 Å². The van der Waals surface area contributed by atoms with Crippen LogP contribution in [-0.2, 0) is 9.59 Å². The summed E-state index contributed by atoms with van der Waals surface area (Å²) < 4.78 is 0. The zero-order chi connectivity index (χ0) is 16.4. The van der Waals surface area contributed by atoms with Crippen molar-refractivity contribution in [3.8, 4) is 0 Å². The predicted octanol–water partition coefficient (Wildman–Crippen LogP) is 3.98. The first-order chi connectivity index (χ1) is 10.5. The number of carbonyl (C=O) groups excluding carboxylic acids is 1. The van der Waals surface area contributed by atoms with Gasteiger partial charge >= 0.3 is 5.97 Å². The number of benzene rings is 1. The second-order valence-corrected chi connectivity index (χ2v) is 5.92. The van der Waals surface area contributed by atoms with Gasteiger partial charge in [0, 0.05) is 18.0 Å². The number of carbonyl (C=O) groups is 2. The van der Waals surface area contributed by atoms with E-state index in [1.54, 1.807) is 6.07 Å². The summed E-state index contributed by atoms with van der Waals surface area (Å²) in [6.07, 6.45) is 4.83. The Morgan fingerprint density at radius 2 is 1.86 bits per heavy atom. The van der Waals surface area contributed by atoms with Gasteiger partial charge < -0.3 is 10.4 Å². The third kappa shape index (κ3) is 7.46. The molecule has 0 spiro atoms. The van der Waals surface area contributed by atoms with Crippen molar-refractivity contribution < 1.29 is 14.7 Å². The number of halogens is 1. The van der Waals surface area contributed by atoms with Gasteiger partial charge in [-0.25, -0.2) is 0 Å². The van der Waals surface area contributed by atoms with E-state index in [1.807, 2.05) is 25.1 Å². The Balaban J connectivity index is 2.14. The highest BCUT2D eigenvalue weighted by atomic mass is 35.5. The molecular formula is C17H24ClNO3. The monoisotopic (exact) mass is 325 g/mol. The molecule has 0 radical (unpaired) electrons. The number of rotatable bonds is 10. The van der Waals surface area contributed by atoms with E-state index in [-0.39, 0.29) is 18.2 Å². The number of carboxylic acids is 1. The summed E-state index contributed by atoms with van der Waals surface area (Å²) in [5, 5.41) is 12.1. The van der Waals surface area contributed by atoms with Crippen LogP contribution in [0, 0.1) is 0 Å². The fourth-order valence-electron chi connectivity index (χ4n) is 2.22. The Hall–Kier alpha value is -1.55. The summed E-state index contributed by atoms with van der Waals surface area (Å²) in [4.78, 5) is 22.4. The first kappa shape index (κ1) is 18.5. The molecule has 0 bridgehead atoms. The molecule has 0 heterocycles. The van der Waals surface area contributed by atoms with Gasteiger partial charge in [-0.15, -0.1) is 0 Å². The standard InChI is InChI=1S/C17H24ClNO3/c1-13(14-8-7-9-15(18)12-14)17(22)19-11-6-4-2-3-5-10-16(20)21/h7-9,12-13H,2-6,10-11H2,1H3,(H,19,22)(H,20,21). The van der Waals surface area contributed by atoms with E-state index in [2.05, 4.69) is 5.32 Å². The van der Waals surface area contributed by atoms with Crippen molar-refractivity contribution in [2.45, 2.75) is 51.4 Å². The predicted molar refractivity (Wildman–Crippen MR) is 88.2 cm³/mol. The number of nitrogens with one attached hydrogen (secondary N) is 1. The maximum absolute atomic E-state index is 12.0. The Morgan fingerprint density at radius 3 is 2.55 bits per heavy atom. The zero-order valence-corrected chi connectivity index (χ0v) is 13.7. The van der Waals surface area contributed by atoms with Crippen molar-refractivity contribution in [3.63, 3.8) is 0 Å². The average Bonchev–Trinajstić information content (AvgIpc) is 2.48. The van der Waals surface area contributed by atoms with Crippen LogP contribution in [0.15, 0.2) is 24.3 Å². The van der Waals surface area contributed by atoms with Gasteiger partial charge in [0.1, 0.15) is 0 Å². The van der Waals surface area contributed by atoms with E-state index in [1.165, 1.54) is 0 Å². The van der Waals surface area contributed by atoms with Crippen LogP contribution >= 0.6 is 11.6 Å². The smallest absolute Gasteiger partial charge is 0.303 e. The number of amides is 1. The lowest BCUT2D eigenvalue weighted by molar-refractivity contribution is -0.137. The van der Waals surface area contributed by atoms with Crippen LogP contribution in [0.5, 0.6) is 0 Å².